The molecule has 3 N–H and O–H groups in total. The van der Waals surface area contributed by atoms with Crippen molar-refractivity contribution in [1.82, 2.24) is 25.7 Å². The number of rotatable bonds is 7. The summed E-state index contributed by atoms with van der Waals surface area (Å²) in [4.78, 5) is 27.0. The lowest BCUT2D eigenvalue weighted by molar-refractivity contribution is -0.134. The van der Waals surface area contributed by atoms with Gasteiger partial charge in [-0.1, -0.05) is 25.1 Å². The fourth-order valence-electron chi connectivity index (χ4n) is 3.52. The van der Waals surface area contributed by atoms with Crippen LogP contribution in [0.5, 0.6) is 0 Å². The summed E-state index contributed by atoms with van der Waals surface area (Å²) < 4.78 is 0. The summed E-state index contributed by atoms with van der Waals surface area (Å²) in [6, 6.07) is 7.82. The molecule has 1 aliphatic heterocycles. The minimum Gasteiger partial charge on any atom is -0.350 e. The molecule has 2 amide bonds. The first-order valence-corrected chi connectivity index (χ1v) is 9.42. The molecule has 1 aromatic heterocycles. The topological polar surface area (TPSA) is 90.1 Å². The molecule has 0 unspecified atom stereocenters. The van der Waals surface area contributed by atoms with Gasteiger partial charge in [-0.3, -0.25) is 14.7 Å². The van der Waals surface area contributed by atoms with Gasteiger partial charge in [0, 0.05) is 30.9 Å². The second-order valence-corrected chi connectivity index (χ2v) is 6.69. The normalized spacial score (nSPS) is 14.6. The van der Waals surface area contributed by atoms with Gasteiger partial charge in [0.25, 0.3) is 5.91 Å². The molecule has 2 heterocycles. The Morgan fingerprint density at radius 2 is 2.00 bits per heavy atom. The summed E-state index contributed by atoms with van der Waals surface area (Å²) in [7, 11) is 0. The molecule has 0 atom stereocenters. The maximum Gasteiger partial charge on any atom is 0.272 e. The van der Waals surface area contributed by atoms with Crippen molar-refractivity contribution in [3.05, 3.63) is 30.0 Å². The number of halogens is 1. The number of aromatic nitrogens is 2. The first-order chi connectivity index (χ1) is 12.7. The molecule has 148 valence electrons. The lowest BCUT2D eigenvalue weighted by Gasteiger charge is -2.34. The lowest BCUT2D eigenvalue weighted by atomic mass is 10.0. The zero-order valence-electron chi connectivity index (χ0n) is 15.7. The van der Waals surface area contributed by atoms with Crippen molar-refractivity contribution in [2.45, 2.75) is 38.6 Å². The number of carbonyl (C=O) groups excluding carboxylic acids is 2. The molecule has 3 rings (SSSR count). The number of H-pyrrole nitrogens is 1. The van der Waals surface area contributed by atoms with Crippen molar-refractivity contribution >= 4 is 35.1 Å². The van der Waals surface area contributed by atoms with Crippen LogP contribution >= 0.6 is 12.4 Å². The van der Waals surface area contributed by atoms with Gasteiger partial charge >= 0.3 is 0 Å². The monoisotopic (exact) mass is 393 g/mol. The third-order valence-corrected chi connectivity index (χ3v) is 4.84. The molecule has 0 bridgehead atoms. The number of aromatic amines is 1. The number of fused-ring (bicyclic) bond motifs is 1. The standard InChI is InChI=1S/C19H27N5O2.ClH/c1-2-13-24(14-7-10-20-11-8-14)17(25)9-12-21-19(26)18-15-5-3-4-6-16(15)22-23-18;/h3-6,14,20H,2,7-13H2,1H3,(H,21,26)(H,22,23);1H. The Morgan fingerprint density at radius 1 is 1.26 bits per heavy atom. The van der Waals surface area contributed by atoms with Gasteiger partial charge in [-0.2, -0.15) is 5.10 Å². The van der Waals surface area contributed by atoms with Crippen LogP contribution in [-0.4, -0.2) is 59.1 Å². The van der Waals surface area contributed by atoms with Crippen LogP contribution in [0.15, 0.2) is 24.3 Å². The molecule has 1 saturated heterocycles. The Kier molecular flexibility index (Phi) is 8.06. The third-order valence-electron chi connectivity index (χ3n) is 4.84. The van der Waals surface area contributed by atoms with E-state index in [1.54, 1.807) is 0 Å². The van der Waals surface area contributed by atoms with Crippen molar-refractivity contribution in [1.29, 1.82) is 0 Å². The number of carbonyl (C=O) groups is 2. The predicted octanol–water partition coefficient (Wildman–Crippen LogP) is 2.10. The summed E-state index contributed by atoms with van der Waals surface area (Å²) in [5.41, 5.74) is 1.20. The molecule has 7 nitrogen and oxygen atoms in total. The average molecular weight is 394 g/mol. The second-order valence-electron chi connectivity index (χ2n) is 6.69. The molecule has 1 aliphatic rings. The van der Waals surface area contributed by atoms with Crippen molar-refractivity contribution in [3.8, 4) is 0 Å². The van der Waals surface area contributed by atoms with E-state index in [0.29, 0.717) is 24.7 Å². The highest BCUT2D eigenvalue weighted by atomic mass is 35.5. The summed E-state index contributed by atoms with van der Waals surface area (Å²) in [5.74, 6) is -0.134. The van der Waals surface area contributed by atoms with Gasteiger partial charge < -0.3 is 15.5 Å². The van der Waals surface area contributed by atoms with Crippen molar-refractivity contribution in [2.75, 3.05) is 26.2 Å². The average Bonchev–Trinajstić information content (AvgIpc) is 3.11. The van der Waals surface area contributed by atoms with Crippen LogP contribution in [0, 0.1) is 0 Å². The number of nitrogens with zero attached hydrogens (tertiary/aromatic N) is 2. The zero-order chi connectivity index (χ0) is 18.4. The number of para-hydroxylation sites is 1. The number of nitrogens with one attached hydrogen (secondary N) is 3. The quantitative estimate of drug-likeness (QED) is 0.671. The van der Waals surface area contributed by atoms with Crippen LogP contribution in [0.1, 0.15) is 43.1 Å². The van der Waals surface area contributed by atoms with Gasteiger partial charge in [0.2, 0.25) is 5.91 Å². The molecule has 1 fully saturated rings. The highest BCUT2D eigenvalue weighted by molar-refractivity contribution is 6.04. The van der Waals surface area contributed by atoms with E-state index in [2.05, 4.69) is 27.8 Å². The van der Waals surface area contributed by atoms with Crippen LogP contribution in [0.25, 0.3) is 10.9 Å². The van der Waals surface area contributed by atoms with Gasteiger partial charge in [-0.25, -0.2) is 0 Å². The van der Waals surface area contributed by atoms with E-state index < -0.39 is 0 Å². The fraction of sp³-hybridized carbons (Fsp3) is 0.526. The molecular weight excluding hydrogens is 366 g/mol. The third kappa shape index (κ3) is 5.20. The van der Waals surface area contributed by atoms with E-state index in [4.69, 9.17) is 0 Å². The van der Waals surface area contributed by atoms with E-state index in [-0.39, 0.29) is 24.2 Å². The van der Waals surface area contributed by atoms with Gasteiger partial charge in [-0.15, -0.1) is 12.4 Å². The smallest absolute Gasteiger partial charge is 0.272 e. The molecule has 27 heavy (non-hydrogen) atoms. The minimum absolute atomic E-state index is 0. The number of hydrogen-bond acceptors (Lipinski definition) is 4. The van der Waals surface area contributed by atoms with E-state index in [0.717, 1.165) is 49.8 Å². The van der Waals surface area contributed by atoms with Crippen LogP contribution in [-0.2, 0) is 4.79 Å². The van der Waals surface area contributed by atoms with Gasteiger partial charge in [-0.05, 0) is 38.4 Å². The van der Waals surface area contributed by atoms with Gasteiger partial charge in [0.15, 0.2) is 5.69 Å². The van der Waals surface area contributed by atoms with Gasteiger partial charge in [0.1, 0.15) is 0 Å². The maximum atomic E-state index is 12.6. The molecule has 0 saturated carbocycles. The highest BCUT2D eigenvalue weighted by Gasteiger charge is 2.24. The number of benzene rings is 1. The number of piperidine rings is 1. The Balaban J connectivity index is 0.00000261. The highest BCUT2D eigenvalue weighted by Crippen LogP contribution is 2.15. The van der Waals surface area contributed by atoms with Crippen molar-refractivity contribution in [2.24, 2.45) is 0 Å². The van der Waals surface area contributed by atoms with Crippen molar-refractivity contribution in [3.63, 3.8) is 0 Å². The van der Waals surface area contributed by atoms with Crippen LogP contribution < -0.4 is 10.6 Å². The number of hydrogen-bond donors (Lipinski definition) is 3. The molecule has 1 aromatic carbocycles. The summed E-state index contributed by atoms with van der Waals surface area (Å²) >= 11 is 0. The first kappa shape index (κ1) is 21.2. The molecule has 0 spiro atoms. The Morgan fingerprint density at radius 3 is 2.74 bits per heavy atom. The molecule has 8 heteroatoms. The SMILES string of the molecule is CCCN(C(=O)CCNC(=O)c1n[nH]c2ccccc12)C1CCNCC1.Cl. The fourth-order valence-corrected chi connectivity index (χ4v) is 3.52. The molecular formula is C19H28ClN5O2. The number of amides is 2. The maximum absolute atomic E-state index is 12.6. The summed E-state index contributed by atoms with van der Waals surface area (Å²) in [6.45, 7) is 5.11. The van der Waals surface area contributed by atoms with E-state index in [1.807, 2.05) is 29.2 Å². The predicted molar refractivity (Wildman–Crippen MR) is 108 cm³/mol. The molecule has 2 aromatic rings. The van der Waals surface area contributed by atoms with Crippen LogP contribution in [0.2, 0.25) is 0 Å². The molecule has 0 radical (unpaired) electrons. The van der Waals surface area contributed by atoms with E-state index >= 15 is 0 Å². The van der Waals surface area contributed by atoms with Crippen LogP contribution in [0.4, 0.5) is 0 Å². The Hall–Kier alpha value is -2.12. The summed E-state index contributed by atoms with van der Waals surface area (Å²) in [5, 5.41) is 13.9. The molecule has 0 aliphatic carbocycles. The van der Waals surface area contributed by atoms with Gasteiger partial charge in [0.05, 0.1) is 5.52 Å². The van der Waals surface area contributed by atoms with Crippen LogP contribution in [0.3, 0.4) is 0 Å². The Labute approximate surface area is 165 Å². The second kappa shape index (κ2) is 10.3. The van der Waals surface area contributed by atoms with E-state index in [1.165, 1.54) is 0 Å². The first-order valence-electron chi connectivity index (χ1n) is 9.42. The zero-order valence-corrected chi connectivity index (χ0v) is 16.5. The summed E-state index contributed by atoms with van der Waals surface area (Å²) in [6.07, 6.45) is 3.26. The van der Waals surface area contributed by atoms with Crippen molar-refractivity contribution < 1.29 is 9.59 Å². The largest absolute Gasteiger partial charge is 0.350 e. The minimum atomic E-state index is -0.251. The van der Waals surface area contributed by atoms with E-state index in [9.17, 15) is 9.59 Å². The Bertz CT molecular complexity index is 757. The lowest BCUT2D eigenvalue weighted by Crippen LogP contribution is -2.47.